The van der Waals surface area contributed by atoms with Gasteiger partial charge >= 0.3 is 0 Å². The molecule has 0 saturated carbocycles. The largest absolute Gasteiger partial charge is 0.348 e. The quantitative estimate of drug-likeness (QED) is 0.927. The normalized spacial score (nSPS) is 26.0. The first-order chi connectivity index (χ1) is 11.2. The van der Waals surface area contributed by atoms with E-state index >= 15 is 0 Å². The molecule has 3 aliphatic heterocycles. The zero-order valence-corrected chi connectivity index (χ0v) is 13.0. The monoisotopic (exact) mass is 305 g/mol. The number of piperidine rings is 3. The predicted octanol–water partition coefficient (Wildman–Crippen LogP) is 2.54. The van der Waals surface area contributed by atoms with E-state index < -0.39 is 0 Å². The highest BCUT2D eigenvalue weighted by molar-refractivity contribution is 5.99. The van der Waals surface area contributed by atoms with Gasteiger partial charge in [0, 0.05) is 18.2 Å². The first kappa shape index (κ1) is 14.2. The maximum absolute atomic E-state index is 12.6. The Morgan fingerprint density at radius 3 is 2.74 bits per heavy atom. The second kappa shape index (κ2) is 5.68. The number of nitrogens with zero attached hydrogens (tertiary/aromatic N) is 2. The van der Waals surface area contributed by atoms with E-state index in [1.807, 2.05) is 30.3 Å². The molecule has 0 aliphatic carbocycles. The summed E-state index contributed by atoms with van der Waals surface area (Å²) >= 11 is 0. The lowest BCUT2D eigenvalue weighted by atomic mass is 9.84. The van der Waals surface area contributed by atoms with E-state index in [0.29, 0.717) is 17.0 Å². The van der Waals surface area contributed by atoms with E-state index in [-0.39, 0.29) is 11.9 Å². The molecule has 4 heteroatoms. The summed E-state index contributed by atoms with van der Waals surface area (Å²) in [6, 6.07) is 13.6. The highest BCUT2D eigenvalue weighted by Crippen LogP contribution is 2.28. The van der Waals surface area contributed by atoms with Crippen molar-refractivity contribution in [2.45, 2.75) is 18.9 Å². The van der Waals surface area contributed by atoms with Gasteiger partial charge in [0.1, 0.15) is 0 Å². The summed E-state index contributed by atoms with van der Waals surface area (Å²) in [7, 11) is 0. The fourth-order valence-corrected chi connectivity index (χ4v) is 3.90. The van der Waals surface area contributed by atoms with Crippen molar-refractivity contribution in [2.24, 2.45) is 5.92 Å². The van der Waals surface area contributed by atoms with Crippen LogP contribution in [0.4, 0.5) is 0 Å². The smallest absolute Gasteiger partial charge is 0.251 e. The van der Waals surface area contributed by atoms with Gasteiger partial charge in [0.25, 0.3) is 5.91 Å². The number of benzene rings is 2. The number of fused-ring (bicyclic) bond motifs is 4. The lowest BCUT2D eigenvalue weighted by Gasteiger charge is -2.44. The van der Waals surface area contributed by atoms with Gasteiger partial charge < -0.3 is 10.2 Å². The number of nitriles is 1. The average molecular weight is 305 g/mol. The van der Waals surface area contributed by atoms with Crippen LogP contribution in [0.15, 0.2) is 36.4 Å². The van der Waals surface area contributed by atoms with Crippen LogP contribution in [0, 0.1) is 17.2 Å². The zero-order chi connectivity index (χ0) is 15.8. The zero-order valence-electron chi connectivity index (χ0n) is 13.0. The Morgan fingerprint density at radius 1 is 1.22 bits per heavy atom. The van der Waals surface area contributed by atoms with Crippen molar-refractivity contribution in [1.29, 1.82) is 5.26 Å². The summed E-state index contributed by atoms with van der Waals surface area (Å²) in [6.45, 7) is 3.32. The van der Waals surface area contributed by atoms with Crippen molar-refractivity contribution < 1.29 is 4.79 Å². The third kappa shape index (κ3) is 2.58. The van der Waals surface area contributed by atoms with Crippen molar-refractivity contribution >= 4 is 16.7 Å². The minimum Gasteiger partial charge on any atom is -0.348 e. The SMILES string of the molecule is N#Cc1cccc2cc(C(=O)NC3CN4CCC3CC4)ccc12. The second-order valence-corrected chi connectivity index (χ2v) is 6.57. The van der Waals surface area contributed by atoms with Crippen molar-refractivity contribution in [3.8, 4) is 6.07 Å². The Labute approximate surface area is 135 Å². The van der Waals surface area contributed by atoms with E-state index in [0.717, 1.165) is 17.3 Å². The average Bonchev–Trinajstić information content (AvgIpc) is 2.61. The predicted molar refractivity (Wildman–Crippen MR) is 89.1 cm³/mol. The number of carbonyl (C=O) groups is 1. The molecule has 23 heavy (non-hydrogen) atoms. The molecular formula is C19H19N3O. The first-order valence-electron chi connectivity index (χ1n) is 8.21. The van der Waals surface area contributed by atoms with Crippen LogP contribution < -0.4 is 5.32 Å². The first-order valence-corrected chi connectivity index (χ1v) is 8.21. The second-order valence-electron chi connectivity index (χ2n) is 6.57. The number of hydrogen-bond donors (Lipinski definition) is 1. The van der Waals surface area contributed by atoms with E-state index in [1.165, 1.54) is 25.9 Å². The van der Waals surface area contributed by atoms with Crippen LogP contribution in [0.25, 0.3) is 10.8 Å². The van der Waals surface area contributed by atoms with Crippen LogP contribution in [-0.4, -0.2) is 36.5 Å². The maximum Gasteiger partial charge on any atom is 0.251 e. The van der Waals surface area contributed by atoms with Gasteiger partial charge in [-0.1, -0.05) is 18.2 Å². The molecule has 1 N–H and O–H groups in total. The van der Waals surface area contributed by atoms with E-state index in [2.05, 4.69) is 16.3 Å². The molecule has 1 atom stereocenters. The van der Waals surface area contributed by atoms with Gasteiger partial charge in [0.05, 0.1) is 11.6 Å². The summed E-state index contributed by atoms with van der Waals surface area (Å²) in [4.78, 5) is 15.0. The van der Waals surface area contributed by atoms with Crippen LogP contribution in [0.2, 0.25) is 0 Å². The molecule has 5 rings (SSSR count). The lowest BCUT2D eigenvalue weighted by molar-refractivity contribution is 0.0620. The summed E-state index contributed by atoms with van der Waals surface area (Å²) in [5, 5.41) is 14.2. The van der Waals surface area contributed by atoms with Gasteiger partial charge in [-0.3, -0.25) is 4.79 Å². The fraction of sp³-hybridized carbons (Fsp3) is 0.368. The molecule has 2 bridgehead atoms. The minimum atomic E-state index is -0.00647. The van der Waals surface area contributed by atoms with Crippen molar-refractivity contribution in [3.63, 3.8) is 0 Å². The number of carbonyl (C=O) groups excluding carboxylic acids is 1. The molecule has 0 aromatic heterocycles. The van der Waals surface area contributed by atoms with Crippen molar-refractivity contribution in [1.82, 2.24) is 10.2 Å². The topological polar surface area (TPSA) is 56.1 Å². The molecule has 1 amide bonds. The lowest BCUT2D eigenvalue weighted by Crippen LogP contribution is -2.57. The van der Waals surface area contributed by atoms with E-state index in [9.17, 15) is 4.79 Å². The summed E-state index contributed by atoms with van der Waals surface area (Å²) in [5.74, 6) is 0.614. The van der Waals surface area contributed by atoms with Crippen LogP contribution in [0.1, 0.15) is 28.8 Å². The summed E-state index contributed by atoms with van der Waals surface area (Å²) < 4.78 is 0. The standard InChI is InChI=1S/C19H19N3O/c20-11-16-3-1-2-14-10-15(4-5-17(14)16)19(23)21-18-12-22-8-6-13(18)7-9-22/h1-5,10,13,18H,6-9,12H2,(H,21,23). The highest BCUT2D eigenvalue weighted by atomic mass is 16.1. The number of hydrogen-bond acceptors (Lipinski definition) is 3. The van der Waals surface area contributed by atoms with Crippen LogP contribution >= 0.6 is 0 Å². The van der Waals surface area contributed by atoms with Crippen molar-refractivity contribution in [3.05, 3.63) is 47.5 Å². The Balaban J connectivity index is 1.57. The molecular weight excluding hydrogens is 286 g/mol. The van der Waals surface area contributed by atoms with Gasteiger partial charge in [-0.15, -0.1) is 0 Å². The van der Waals surface area contributed by atoms with Gasteiger partial charge in [0.2, 0.25) is 0 Å². The molecule has 3 aliphatic rings. The molecule has 1 unspecified atom stereocenters. The third-order valence-electron chi connectivity index (χ3n) is 5.24. The molecule has 0 spiro atoms. The third-order valence-corrected chi connectivity index (χ3v) is 5.24. The Bertz CT molecular complexity index is 800. The van der Waals surface area contributed by atoms with Crippen LogP contribution in [-0.2, 0) is 0 Å². The Kier molecular flexibility index (Phi) is 3.51. The van der Waals surface area contributed by atoms with Gasteiger partial charge in [0.15, 0.2) is 0 Å². The molecule has 116 valence electrons. The van der Waals surface area contributed by atoms with Crippen LogP contribution in [0.3, 0.4) is 0 Å². The minimum absolute atomic E-state index is 0.00647. The van der Waals surface area contributed by atoms with Gasteiger partial charge in [-0.2, -0.15) is 5.26 Å². The molecule has 4 nitrogen and oxygen atoms in total. The summed E-state index contributed by atoms with van der Waals surface area (Å²) in [6.07, 6.45) is 2.38. The molecule has 3 heterocycles. The van der Waals surface area contributed by atoms with Gasteiger partial charge in [-0.25, -0.2) is 0 Å². The Hall–Kier alpha value is -2.38. The fourth-order valence-electron chi connectivity index (χ4n) is 3.90. The van der Waals surface area contributed by atoms with Gasteiger partial charge in [-0.05, 0) is 60.8 Å². The maximum atomic E-state index is 12.6. The Morgan fingerprint density at radius 2 is 2.04 bits per heavy atom. The number of amides is 1. The highest BCUT2D eigenvalue weighted by Gasteiger charge is 2.34. The number of nitrogens with one attached hydrogen (secondary N) is 1. The molecule has 0 radical (unpaired) electrons. The molecule has 3 saturated heterocycles. The molecule has 2 aromatic carbocycles. The molecule has 3 fully saturated rings. The van der Waals surface area contributed by atoms with E-state index in [4.69, 9.17) is 5.26 Å². The number of rotatable bonds is 2. The van der Waals surface area contributed by atoms with Crippen LogP contribution in [0.5, 0.6) is 0 Å². The van der Waals surface area contributed by atoms with Crippen molar-refractivity contribution in [2.75, 3.05) is 19.6 Å². The molecule has 2 aromatic rings. The van der Waals surface area contributed by atoms with E-state index in [1.54, 1.807) is 6.07 Å². The summed E-state index contributed by atoms with van der Waals surface area (Å²) in [5.41, 5.74) is 1.32.